The van der Waals surface area contributed by atoms with Crippen molar-refractivity contribution in [1.29, 1.82) is 0 Å². The summed E-state index contributed by atoms with van der Waals surface area (Å²) in [5.41, 5.74) is 1.22. The van der Waals surface area contributed by atoms with E-state index in [0.717, 1.165) is 18.4 Å². The van der Waals surface area contributed by atoms with Crippen molar-refractivity contribution in [2.45, 2.75) is 32.5 Å². The van der Waals surface area contributed by atoms with E-state index >= 15 is 0 Å². The monoisotopic (exact) mass is 357 g/mol. The minimum absolute atomic E-state index is 0.357. The predicted octanol–water partition coefficient (Wildman–Crippen LogP) is 4.06. The van der Waals surface area contributed by atoms with Crippen molar-refractivity contribution in [1.82, 2.24) is 4.90 Å². The SMILES string of the molecule is CC(C)N(C)CCc1cc(O)cc2ccccc12.O=C(O)C(F)(F)F. The fraction of sp³-hybridized carbons (Fsp3) is 0.389. The lowest BCUT2D eigenvalue weighted by atomic mass is 10.0. The number of nitrogens with zero attached hydrogens (tertiary/aromatic N) is 1. The van der Waals surface area contributed by atoms with Crippen LogP contribution in [-0.2, 0) is 11.2 Å². The zero-order chi connectivity index (χ0) is 19.2. The lowest BCUT2D eigenvalue weighted by Gasteiger charge is -2.21. The number of likely N-dealkylation sites (N-methyl/N-ethyl adjacent to an activating group) is 1. The molecule has 0 aliphatic carbocycles. The molecule has 7 heteroatoms. The van der Waals surface area contributed by atoms with Gasteiger partial charge in [-0.25, -0.2) is 4.79 Å². The summed E-state index contributed by atoms with van der Waals surface area (Å²) in [6.07, 6.45) is -4.12. The lowest BCUT2D eigenvalue weighted by Crippen LogP contribution is -2.28. The highest BCUT2D eigenvalue weighted by atomic mass is 19.4. The molecule has 2 aromatic carbocycles. The highest BCUT2D eigenvalue weighted by Gasteiger charge is 2.38. The Morgan fingerprint density at radius 3 is 2.28 bits per heavy atom. The predicted molar refractivity (Wildman–Crippen MR) is 90.8 cm³/mol. The minimum atomic E-state index is -5.08. The first-order valence-corrected chi connectivity index (χ1v) is 7.73. The van der Waals surface area contributed by atoms with Crippen LogP contribution in [-0.4, -0.2) is 46.9 Å². The van der Waals surface area contributed by atoms with E-state index < -0.39 is 12.1 Å². The molecule has 0 aliphatic heterocycles. The fourth-order valence-corrected chi connectivity index (χ4v) is 2.13. The molecule has 0 amide bonds. The van der Waals surface area contributed by atoms with Crippen LogP contribution in [0.15, 0.2) is 36.4 Å². The van der Waals surface area contributed by atoms with Gasteiger partial charge in [0.05, 0.1) is 0 Å². The van der Waals surface area contributed by atoms with Gasteiger partial charge in [-0.05, 0) is 55.8 Å². The van der Waals surface area contributed by atoms with Gasteiger partial charge in [0.1, 0.15) is 5.75 Å². The Labute approximate surface area is 144 Å². The molecule has 0 radical (unpaired) electrons. The Kier molecular flexibility index (Phi) is 7.23. The number of hydrogen-bond acceptors (Lipinski definition) is 3. The molecule has 0 atom stereocenters. The first-order valence-electron chi connectivity index (χ1n) is 7.73. The van der Waals surface area contributed by atoms with Crippen LogP contribution in [0.1, 0.15) is 19.4 Å². The summed E-state index contributed by atoms with van der Waals surface area (Å²) in [7, 11) is 2.13. The molecule has 0 aliphatic rings. The van der Waals surface area contributed by atoms with Gasteiger partial charge >= 0.3 is 12.1 Å². The summed E-state index contributed by atoms with van der Waals surface area (Å²) < 4.78 is 31.7. The molecular weight excluding hydrogens is 335 g/mol. The van der Waals surface area contributed by atoms with E-state index in [2.05, 4.69) is 37.9 Å². The number of carboxylic acids is 1. The summed E-state index contributed by atoms with van der Waals surface area (Å²) in [6, 6.07) is 12.5. The summed E-state index contributed by atoms with van der Waals surface area (Å²) >= 11 is 0. The van der Waals surface area contributed by atoms with Crippen molar-refractivity contribution in [3.05, 3.63) is 42.0 Å². The summed E-state index contributed by atoms with van der Waals surface area (Å²) in [4.78, 5) is 11.2. The zero-order valence-corrected chi connectivity index (χ0v) is 14.3. The van der Waals surface area contributed by atoms with E-state index in [1.165, 1.54) is 10.9 Å². The molecule has 0 aromatic heterocycles. The second kappa shape index (κ2) is 8.71. The van der Waals surface area contributed by atoms with Crippen LogP contribution in [0.25, 0.3) is 10.8 Å². The maximum Gasteiger partial charge on any atom is 0.490 e. The number of hydrogen-bond donors (Lipinski definition) is 2. The van der Waals surface area contributed by atoms with Gasteiger partial charge in [0.15, 0.2) is 0 Å². The van der Waals surface area contributed by atoms with Gasteiger partial charge in [0.25, 0.3) is 0 Å². The number of alkyl halides is 3. The topological polar surface area (TPSA) is 60.8 Å². The molecule has 2 rings (SSSR count). The van der Waals surface area contributed by atoms with E-state index in [1.54, 1.807) is 0 Å². The van der Waals surface area contributed by atoms with Crippen LogP contribution in [0, 0.1) is 0 Å². The maximum atomic E-state index is 10.6. The number of halogens is 3. The van der Waals surface area contributed by atoms with E-state index in [0.29, 0.717) is 11.8 Å². The molecule has 0 unspecified atom stereocenters. The lowest BCUT2D eigenvalue weighted by molar-refractivity contribution is -0.192. The Bertz CT molecular complexity index is 714. The molecule has 138 valence electrons. The maximum absolute atomic E-state index is 10.6. The van der Waals surface area contributed by atoms with Gasteiger partial charge in [-0.15, -0.1) is 0 Å². The number of fused-ring (bicyclic) bond motifs is 1. The molecule has 2 N–H and O–H groups in total. The van der Waals surface area contributed by atoms with Crippen molar-refractivity contribution >= 4 is 16.7 Å². The smallest absolute Gasteiger partial charge is 0.490 e. The highest BCUT2D eigenvalue weighted by Crippen LogP contribution is 2.25. The summed E-state index contributed by atoms with van der Waals surface area (Å²) in [5.74, 6) is -2.40. The van der Waals surface area contributed by atoms with Crippen molar-refractivity contribution in [2.75, 3.05) is 13.6 Å². The second-order valence-corrected chi connectivity index (χ2v) is 5.95. The van der Waals surface area contributed by atoms with Gasteiger partial charge in [-0.2, -0.15) is 13.2 Å². The first-order chi connectivity index (χ1) is 11.5. The molecule has 25 heavy (non-hydrogen) atoms. The molecule has 0 saturated heterocycles. The van der Waals surface area contributed by atoms with Crippen LogP contribution in [0.5, 0.6) is 5.75 Å². The van der Waals surface area contributed by atoms with Gasteiger partial charge in [-0.1, -0.05) is 24.3 Å². The number of phenols is 1. The first kappa shape index (κ1) is 20.8. The van der Waals surface area contributed by atoms with Crippen LogP contribution >= 0.6 is 0 Å². The third kappa shape index (κ3) is 6.62. The van der Waals surface area contributed by atoms with E-state index in [1.807, 2.05) is 24.3 Å². The molecule has 0 saturated carbocycles. The summed E-state index contributed by atoms with van der Waals surface area (Å²) in [6.45, 7) is 5.40. The average molecular weight is 357 g/mol. The number of carboxylic acid groups (broad SMARTS) is 1. The van der Waals surface area contributed by atoms with E-state index in [4.69, 9.17) is 9.90 Å². The Morgan fingerprint density at radius 1 is 1.20 bits per heavy atom. The van der Waals surface area contributed by atoms with Gasteiger partial charge < -0.3 is 15.1 Å². The third-order valence-electron chi connectivity index (χ3n) is 3.79. The average Bonchev–Trinajstić information content (AvgIpc) is 2.51. The molecule has 0 fully saturated rings. The Hall–Kier alpha value is -2.28. The van der Waals surface area contributed by atoms with Crippen molar-refractivity contribution < 1.29 is 28.2 Å². The van der Waals surface area contributed by atoms with E-state index in [9.17, 15) is 18.3 Å². The third-order valence-corrected chi connectivity index (χ3v) is 3.79. The van der Waals surface area contributed by atoms with Crippen LogP contribution < -0.4 is 0 Å². The Morgan fingerprint density at radius 2 is 1.76 bits per heavy atom. The van der Waals surface area contributed by atoms with E-state index in [-0.39, 0.29) is 0 Å². The highest BCUT2D eigenvalue weighted by molar-refractivity contribution is 5.87. The van der Waals surface area contributed by atoms with Gasteiger partial charge in [0.2, 0.25) is 0 Å². The standard InChI is InChI=1S/C16H21NO.C2HF3O2/c1-12(2)17(3)9-8-14-11-15(18)10-13-6-4-5-7-16(13)14;3-2(4,5)1(6)7/h4-7,10-12,18H,8-9H2,1-3H3;(H,6,7). The van der Waals surface area contributed by atoms with Crippen molar-refractivity contribution in [3.63, 3.8) is 0 Å². The van der Waals surface area contributed by atoms with Crippen LogP contribution in [0.4, 0.5) is 13.2 Å². The Balaban J connectivity index is 0.000000381. The van der Waals surface area contributed by atoms with Crippen LogP contribution in [0.3, 0.4) is 0 Å². The normalized spacial score (nSPS) is 11.5. The molecule has 2 aromatic rings. The number of phenolic OH excluding ortho intramolecular Hbond substituents is 1. The largest absolute Gasteiger partial charge is 0.508 e. The molecule has 0 bridgehead atoms. The molecule has 0 heterocycles. The number of benzene rings is 2. The minimum Gasteiger partial charge on any atom is -0.508 e. The fourth-order valence-electron chi connectivity index (χ4n) is 2.13. The molecule has 4 nitrogen and oxygen atoms in total. The quantitative estimate of drug-likeness (QED) is 0.866. The second-order valence-electron chi connectivity index (χ2n) is 5.95. The van der Waals surface area contributed by atoms with Crippen LogP contribution in [0.2, 0.25) is 0 Å². The number of aliphatic carboxylic acids is 1. The number of carbonyl (C=O) groups is 1. The number of rotatable bonds is 4. The van der Waals surface area contributed by atoms with Gasteiger partial charge in [0, 0.05) is 12.6 Å². The van der Waals surface area contributed by atoms with Gasteiger partial charge in [-0.3, -0.25) is 0 Å². The van der Waals surface area contributed by atoms with Crippen molar-refractivity contribution in [2.24, 2.45) is 0 Å². The molecular formula is C18H22F3NO3. The zero-order valence-electron chi connectivity index (χ0n) is 14.3. The molecule has 0 spiro atoms. The summed E-state index contributed by atoms with van der Waals surface area (Å²) in [5, 5.41) is 19.3. The van der Waals surface area contributed by atoms with Crippen molar-refractivity contribution in [3.8, 4) is 5.75 Å². The number of aromatic hydroxyl groups is 1.